The number of benzene rings is 2. The summed E-state index contributed by atoms with van der Waals surface area (Å²) >= 11 is 0. The summed E-state index contributed by atoms with van der Waals surface area (Å²) in [6.45, 7) is 7.30. The second kappa shape index (κ2) is 6.38. The van der Waals surface area contributed by atoms with Crippen LogP contribution in [0.5, 0.6) is 0 Å². The molecule has 0 spiro atoms. The Labute approximate surface area is 122 Å². The highest BCUT2D eigenvalue weighted by Gasteiger charge is 2.18. The van der Waals surface area contributed by atoms with Crippen molar-refractivity contribution in [1.82, 2.24) is 4.90 Å². The highest BCUT2D eigenvalue weighted by Crippen LogP contribution is 2.25. The topological polar surface area (TPSA) is 23.5 Å². The molecule has 0 aliphatic rings. The van der Waals surface area contributed by atoms with E-state index in [1.807, 2.05) is 24.3 Å². The van der Waals surface area contributed by atoms with Gasteiger partial charge >= 0.3 is 0 Å². The molecule has 2 aromatic rings. The van der Waals surface area contributed by atoms with Gasteiger partial charge in [0.25, 0.3) is 0 Å². The van der Waals surface area contributed by atoms with Crippen LogP contribution in [0.15, 0.2) is 42.5 Å². The summed E-state index contributed by atoms with van der Waals surface area (Å²) in [5.74, 6) is 0.583. The van der Waals surface area contributed by atoms with E-state index >= 15 is 0 Å². The van der Waals surface area contributed by atoms with Crippen LogP contribution >= 0.6 is 0 Å². The van der Waals surface area contributed by atoms with E-state index in [-0.39, 0.29) is 0 Å². The fourth-order valence-electron chi connectivity index (χ4n) is 2.59. The molecular formula is C18H25NO. The summed E-state index contributed by atoms with van der Waals surface area (Å²) in [6.07, 6.45) is -0.452. The Kier molecular flexibility index (Phi) is 4.79. The summed E-state index contributed by atoms with van der Waals surface area (Å²) in [7, 11) is 2.08. The van der Waals surface area contributed by atoms with Gasteiger partial charge in [-0.25, -0.2) is 0 Å². The van der Waals surface area contributed by atoms with Gasteiger partial charge in [0.15, 0.2) is 0 Å². The molecule has 2 rings (SSSR count). The Balaban J connectivity index is 2.21. The molecule has 0 bridgehead atoms. The SMILES string of the molecule is CC(C)C(C)N(C)CC(O)c1cccc2ccccc12. The Morgan fingerprint density at radius 3 is 2.35 bits per heavy atom. The van der Waals surface area contributed by atoms with Crippen molar-refractivity contribution in [2.45, 2.75) is 32.9 Å². The minimum Gasteiger partial charge on any atom is -0.387 e. The van der Waals surface area contributed by atoms with E-state index < -0.39 is 6.10 Å². The minimum atomic E-state index is -0.452. The van der Waals surface area contributed by atoms with Gasteiger partial charge in [0.1, 0.15) is 0 Å². The molecular weight excluding hydrogens is 246 g/mol. The van der Waals surface area contributed by atoms with Crippen LogP contribution in [0.3, 0.4) is 0 Å². The summed E-state index contributed by atoms with van der Waals surface area (Å²) in [5, 5.41) is 12.9. The van der Waals surface area contributed by atoms with Gasteiger partial charge in [0.05, 0.1) is 6.10 Å². The van der Waals surface area contributed by atoms with Crippen LogP contribution in [0, 0.1) is 5.92 Å². The molecule has 1 N–H and O–H groups in total. The largest absolute Gasteiger partial charge is 0.387 e. The third kappa shape index (κ3) is 3.20. The molecule has 2 heteroatoms. The number of rotatable bonds is 5. The van der Waals surface area contributed by atoms with Crippen molar-refractivity contribution < 1.29 is 5.11 Å². The molecule has 0 amide bonds. The molecule has 20 heavy (non-hydrogen) atoms. The first-order valence-corrected chi connectivity index (χ1v) is 7.36. The third-order valence-electron chi connectivity index (χ3n) is 4.30. The van der Waals surface area contributed by atoms with Gasteiger partial charge in [-0.2, -0.15) is 0 Å². The van der Waals surface area contributed by atoms with Gasteiger partial charge in [-0.05, 0) is 36.2 Å². The number of aliphatic hydroxyl groups is 1. The van der Waals surface area contributed by atoms with E-state index in [1.165, 1.54) is 5.39 Å². The summed E-state index contributed by atoms with van der Waals surface area (Å²) in [5.41, 5.74) is 1.02. The van der Waals surface area contributed by atoms with E-state index in [0.29, 0.717) is 18.5 Å². The maximum Gasteiger partial charge on any atom is 0.0922 e. The lowest BCUT2D eigenvalue weighted by molar-refractivity contribution is 0.0964. The van der Waals surface area contributed by atoms with Crippen molar-refractivity contribution in [3.8, 4) is 0 Å². The molecule has 2 aromatic carbocycles. The maximum absolute atomic E-state index is 10.6. The highest BCUT2D eigenvalue weighted by atomic mass is 16.3. The first-order chi connectivity index (χ1) is 9.50. The zero-order valence-corrected chi connectivity index (χ0v) is 12.9. The Morgan fingerprint density at radius 1 is 1.00 bits per heavy atom. The fraction of sp³-hybridized carbons (Fsp3) is 0.444. The molecule has 0 radical (unpaired) electrons. The molecule has 0 heterocycles. The van der Waals surface area contributed by atoms with Gasteiger partial charge in [-0.3, -0.25) is 0 Å². The van der Waals surface area contributed by atoms with Crippen LogP contribution in [0.1, 0.15) is 32.4 Å². The van der Waals surface area contributed by atoms with Crippen molar-refractivity contribution in [1.29, 1.82) is 0 Å². The van der Waals surface area contributed by atoms with Crippen LogP contribution in [-0.2, 0) is 0 Å². The van der Waals surface area contributed by atoms with Gasteiger partial charge < -0.3 is 10.0 Å². The number of fused-ring (bicyclic) bond motifs is 1. The van der Waals surface area contributed by atoms with Crippen LogP contribution in [-0.4, -0.2) is 29.6 Å². The number of hydrogen-bond acceptors (Lipinski definition) is 2. The Morgan fingerprint density at radius 2 is 1.65 bits per heavy atom. The quantitative estimate of drug-likeness (QED) is 0.893. The maximum atomic E-state index is 10.6. The van der Waals surface area contributed by atoms with E-state index in [4.69, 9.17) is 0 Å². The molecule has 0 aliphatic heterocycles. The number of nitrogens with zero attached hydrogens (tertiary/aromatic N) is 1. The average Bonchev–Trinajstić information content (AvgIpc) is 2.45. The third-order valence-corrected chi connectivity index (χ3v) is 4.30. The van der Waals surface area contributed by atoms with Crippen LogP contribution in [0.2, 0.25) is 0 Å². The lowest BCUT2D eigenvalue weighted by atomic mass is 9.99. The van der Waals surface area contributed by atoms with Crippen molar-refractivity contribution in [2.24, 2.45) is 5.92 Å². The number of hydrogen-bond donors (Lipinski definition) is 1. The van der Waals surface area contributed by atoms with Gasteiger partial charge in [-0.1, -0.05) is 56.3 Å². The molecule has 2 unspecified atom stereocenters. The lowest BCUT2D eigenvalue weighted by Crippen LogP contribution is -2.36. The smallest absolute Gasteiger partial charge is 0.0922 e. The van der Waals surface area contributed by atoms with E-state index in [0.717, 1.165) is 10.9 Å². The molecule has 0 saturated heterocycles. The Bertz CT molecular complexity index is 559. The Hall–Kier alpha value is -1.38. The molecule has 0 fully saturated rings. The predicted molar refractivity (Wildman–Crippen MR) is 85.8 cm³/mol. The summed E-state index contributed by atoms with van der Waals surface area (Å²) < 4.78 is 0. The minimum absolute atomic E-state index is 0.452. The molecule has 0 aromatic heterocycles. The normalized spacial score (nSPS) is 14.9. The van der Waals surface area contributed by atoms with E-state index in [1.54, 1.807) is 0 Å². The number of likely N-dealkylation sites (N-methyl/N-ethyl adjacent to an activating group) is 1. The van der Waals surface area contributed by atoms with Crippen molar-refractivity contribution in [3.05, 3.63) is 48.0 Å². The summed E-state index contributed by atoms with van der Waals surface area (Å²) in [6, 6.07) is 14.8. The average molecular weight is 271 g/mol. The molecule has 2 atom stereocenters. The van der Waals surface area contributed by atoms with E-state index in [9.17, 15) is 5.11 Å². The monoisotopic (exact) mass is 271 g/mol. The first kappa shape index (κ1) is 15.0. The van der Waals surface area contributed by atoms with Crippen molar-refractivity contribution >= 4 is 10.8 Å². The fourth-order valence-corrected chi connectivity index (χ4v) is 2.59. The first-order valence-electron chi connectivity index (χ1n) is 7.36. The van der Waals surface area contributed by atoms with Crippen LogP contribution in [0.4, 0.5) is 0 Å². The highest BCUT2D eigenvalue weighted by molar-refractivity contribution is 5.85. The molecule has 0 aliphatic carbocycles. The van der Waals surface area contributed by atoms with Crippen molar-refractivity contribution in [3.63, 3.8) is 0 Å². The second-order valence-corrected chi connectivity index (χ2v) is 6.01. The zero-order valence-electron chi connectivity index (χ0n) is 12.9. The van der Waals surface area contributed by atoms with Crippen LogP contribution in [0.25, 0.3) is 10.8 Å². The molecule has 0 saturated carbocycles. The lowest BCUT2D eigenvalue weighted by Gasteiger charge is -2.30. The molecule has 108 valence electrons. The zero-order chi connectivity index (χ0) is 14.7. The van der Waals surface area contributed by atoms with Gasteiger partial charge in [0.2, 0.25) is 0 Å². The molecule has 2 nitrogen and oxygen atoms in total. The predicted octanol–water partition coefficient (Wildman–Crippen LogP) is 3.85. The van der Waals surface area contributed by atoms with Gasteiger partial charge in [0, 0.05) is 12.6 Å². The summed E-state index contributed by atoms with van der Waals surface area (Å²) in [4.78, 5) is 2.23. The van der Waals surface area contributed by atoms with E-state index in [2.05, 4.69) is 50.9 Å². The standard InChI is InChI=1S/C18H25NO/c1-13(2)14(3)19(4)12-18(20)17-11-7-9-15-8-5-6-10-16(15)17/h5-11,13-14,18,20H,12H2,1-4H3. The second-order valence-electron chi connectivity index (χ2n) is 6.01. The van der Waals surface area contributed by atoms with Gasteiger partial charge in [-0.15, -0.1) is 0 Å². The van der Waals surface area contributed by atoms with Crippen LogP contribution < -0.4 is 0 Å². The van der Waals surface area contributed by atoms with Crippen molar-refractivity contribution in [2.75, 3.05) is 13.6 Å². The number of aliphatic hydroxyl groups excluding tert-OH is 1.